The van der Waals surface area contributed by atoms with E-state index in [9.17, 15) is 17.1 Å². The zero-order valence-electron chi connectivity index (χ0n) is 8.64. The number of halogens is 1. The molecule has 0 fully saturated rings. The molecule has 1 rings (SSSR count). The van der Waals surface area contributed by atoms with Crippen LogP contribution in [0.4, 0.5) is 3.89 Å². The number of ketones is 1. The average Bonchev–Trinajstić information content (AvgIpc) is 2.15. The third kappa shape index (κ3) is 3.98. The molecule has 6 heteroatoms. The molecule has 0 aliphatic heterocycles. The number of para-hydroxylation sites is 1. The molecule has 0 atom stereocenters. The molecule has 1 aromatic rings. The summed E-state index contributed by atoms with van der Waals surface area (Å²) in [5, 5.41) is 0. The third-order valence-electron chi connectivity index (χ3n) is 1.91. The van der Waals surface area contributed by atoms with Crippen LogP contribution in [0.15, 0.2) is 24.3 Å². The van der Waals surface area contributed by atoms with Crippen molar-refractivity contribution in [1.82, 2.24) is 0 Å². The van der Waals surface area contributed by atoms with Gasteiger partial charge in [0.25, 0.3) is 0 Å². The van der Waals surface area contributed by atoms with Crippen LogP contribution in [-0.4, -0.2) is 27.1 Å². The first-order chi connectivity index (χ1) is 7.42. The molecule has 0 aromatic heterocycles. The molecule has 0 aliphatic carbocycles. The molecule has 0 unspecified atom stereocenters. The van der Waals surface area contributed by atoms with Gasteiger partial charge in [-0.1, -0.05) is 18.2 Å². The molecule has 0 spiro atoms. The SMILES string of the molecule is COc1ccccc1CC(=O)CS(=O)(=O)F. The number of methoxy groups -OCH3 is 1. The molecule has 0 amide bonds. The fourth-order valence-electron chi connectivity index (χ4n) is 1.30. The van der Waals surface area contributed by atoms with Crippen molar-refractivity contribution in [3.8, 4) is 5.75 Å². The lowest BCUT2D eigenvalue weighted by atomic mass is 10.1. The second-order valence-electron chi connectivity index (χ2n) is 3.21. The van der Waals surface area contributed by atoms with Gasteiger partial charge in [0.05, 0.1) is 7.11 Å². The number of hydrogen-bond donors (Lipinski definition) is 0. The fraction of sp³-hybridized carbons (Fsp3) is 0.300. The normalized spacial score (nSPS) is 11.1. The Morgan fingerprint density at radius 3 is 2.56 bits per heavy atom. The smallest absolute Gasteiger partial charge is 0.309 e. The summed E-state index contributed by atoms with van der Waals surface area (Å²) in [6.45, 7) is 0. The molecule has 0 bridgehead atoms. The van der Waals surface area contributed by atoms with Crippen molar-refractivity contribution in [3.63, 3.8) is 0 Å². The average molecular weight is 246 g/mol. The van der Waals surface area contributed by atoms with E-state index in [2.05, 4.69) is 0 Å². The Balaban J connectivity index is 2.77. The first kappa shape index (κ1) is 12.6. The Morgan fingerprint density at radius 1 is 1.38 bits per heavy atom. The molecule has 0 saturated carbocycles. The summed E-state index contributed by atoms with van der Waals surface area (Å²) in [5.74, 6) is -1.32. The molecule has 0 N–H and O–H groups in total. The largest absolute Gasteiger partial charge is 0.496 e. The van der Waals surface area contributed by atoms with Crippen molar-refractivity contribution in [2.75, 3.05) is 12.9 Å². The maximum Gasteiger partial charge on any atom is 0.309 e. The van der Waals surface area contributed by atoms with Crippen molar-refractivity contribution in [3.05, 3.63) is 29.8 Å². The lowest BCUT2D eigenvalue weighted by molar-refractivity contribution is -0.116. The van der Waals surface area contributed by atoms with E-state index in [0.29, 0.717) is 11.3 Å². The summed E-state index contributed by atoms with van der Waals surface area (Å²) in [6, 6.07) is 6.68. The highest BCUT2D eigenvalue weighted by atomic mass is 32.3. The highest BCUT2D eigenvalue weighted by Crippen LogP contribution is 2.18. The summed E-state index contributed by atoms with van der Waals surface area (Å²) >= 11 is 0. The van der Waals surface area contributed by atoms with Gasteiger partial charge in [0.2, 0.25) is 0 Å². The Bertz CT molecular complexity index is 481. The van der Waals surface area contributed by atoms with E-state index in [4.69, 9.17) is 4.74 Å². The lowest BCUT2D eigenvalue weighted by Crippen LogP contribution is -2.14. The molecule has 4 nitrogen and oxygen atoms in total. The van der Waals surface area contributed by atoms with Crippen LogP contribution in [-0.2, 0) is 21.4 Å². The van der Waals surface area contributed by atoms with Crippen molar-refractivity contribution >= 4 is 16.0 Å². The van der Waals surface area contributed by atoms with Gasteiger partial charge in [-0.2, -0.15) is 8.42 Å². The summed E-state index contributed by atoms with van der Waals surface area (Å²) < 4.78 is 37.8. The van der Waals surface area contributed by atoms with Crippen LogP contribution >= 0.6 is 0 Å². The minimum Gasteiger partial charge on any atom is -0.496 e. The number of hydrogen-bond acceptors (Lipinski definition) is 4. The number of carbonyl (C=O) groups is 1. The molecule has 0 aliphatic rings. The zero-order chi connectivity index (χ0) is 12.2. The quantitative estimate of drug-likeness (QED) is 0.730. The van der Waals surface area contributed by atoms with Crippen LogP contribution in [0.5, 0.6) is 5.75 Å². The van der Waals surface area contributed by atoms with E-state index < -0.39 is 21.8 Å². The Hall–Kier alpha value is -1.43. The molecular weight excluding hydrogens is 235 g/mol. The van der Waals surface area contributed by atoms with Gasteiger partial charge in [0.1, 0.15) is 11.5 Å². The van der Waals surface area contributed by atoms with Crippen LogP contribution in [0.3, 0.4) is 0 Å². The lowest BCUT2D eigenvalue weighted by Gasteiger charge is -2.06. The van der Waals surface area contributed by atoms with Crippen LogP contribution in [0, 0.1) is 0 Å². The van der Waals surface area contributed by atoms with Gasteiger partial charge in [0, 0.05) is 12.0 Å². The molecule has 0 saturated heterocycles. The number of Topliss-reactive ketones (excluding diaryl/α,β-unsaturated/α-hetero) is 1. The van der Waals surface area contributed by atoms with E-state index in [1.807, 2.05) is 0 Å². The van der Waals surface area contributed by atoms with Crippen LogP contribution in [0.1, 0.15) is 5.56 Å². The summed E-state index contributed by atoms with van der Waals surface area (Å²) in [5.41, 5.74) is 0.540. The van der Waals surface area contributed by atoms with Crippen LogP contribution in [0.2, 0.25) is 0 Å². The summed E-state index contributed by atoms with van der Waals surface area (Å²) in [7, 11) is -3.31. The summed E-state index contributed by atoms with van der Waals surface area (Å²) in [6.07, 6.45) is -0.160. The second-order valence-corrected chi connectivity index (χ2v) is 4.58. The molecule has 1 aromatic carbocycles. The number of rotatable bonds is 5. The Labute approximate surface area is 93.3 Å². The number of ether oxygens (including phenoxy) is 1. The van der Waals surface area contributed by atoms with Gasteiger partial charge in [-0.3, -0.25) is 4.79 Å². The maximum atomic E-state index is 12.2. The minimum atomic E-state index is -4.75. The second kappa shape index (κ2) is 5.07. The van der Waals surface area contributed by atoms with E-state index in [-0.39, 0.29) is 6.42 Å². The van der Waals surface area contributed by atoms with Crippen LogP contribution in [0.25, 0.3) is 0 Å². The van der Waals surface area contributed by atoms with E-state index >= 15 is 0 Å². The fourth-order valence-corrected chi connectivity index (χ4v) is 1.79. The molecule has 88 valence electrons. The predicted octanol–water partition coefficient (Wildman–Crippen LogP) is 1.11. The van der Waals surface area contributed by atoms with Crippen molar-refractivity contribution < 1.29 is 21.8 Å². The van der Waals surface area contributed by atoms with Gasteiger partial charge in [-0.05, 0) is 6.07 Å². The topological polar surface area (TPSA) is 60.4 Å². The standard InChI is InChI=1S/C10H11FO4S/c1-15-10-5-3-2-4-8(10)6-9(12)7-16(11,13)14/h2-5H,6-7H2,1H3. The maximum absolute atomic E-state index is 12.2. The van der Waals surface area contributed by atoms with Crippen molar-refractivity contribution in [1.29, 1.82) is 0 Å². The van der Waals surface area contributed by atoms with Crippen LogP contribution < -0.4 is 4.74 Å². The molecular formula is C10H11FO4S. The number of carbonyl (C=O) groups excluding carboxylic acids is 1. The van der Waals surface area contributed by atoms with Gasteiger partial charge >= 0.3 is 10.2 Å². The van der Waals surface area contributed by atoms with Gasteiger partial charge in [0.15, 0.2) is 5.78 Å². The number of benzene rings is 1. The van der Waals surface area contributed by atoms with E-state index in [1.54, 1.807) is 24.3 Å². The van der Waals surface area contributed by atoms with E-state index in [0.717, 1.165) is 0 Å². The monoisotopic (exact) mass is 246 g/mol. The predicted molar refractivity (Wildman–Crippen MR) is 56.6 cm³/mol. The highest BCUT2D eigenvalue weighted by Gasteiger charge is 2.16. The van der Waals surface area contributed by atoms with Crippen molar-refractivity contribution in [2.24, 2.45) is 0 Å². The molecule has 0 heterocycles. The highest BCUT2D eigenvalue weighted by molar-refractivity contribution is 7.87. The van der Waals surface area contributed by atoms with Gasteiger partial charge in [-0.25, -0.2) is 0 Å². The zero-order valence-corrected chi connectivity index (χ0v) is 9.46. The molecule has 0 radical (unpaired) electrons. The van der Waals surface area contributed by atoms with Crippen molar-refractivity contribution in [2.45, 2.75) is 6.42 Å². The molecule has 16 heavy (non-hydrogen) atoms. The Kier molecular flexibility index (Phi) is 4.00. The first-order valence-electron chi connectivity index (χ1n) is 4.48. The van der Waals surface area contributed by atoms with Gasteiger partial charge < -0.3 is 4.74 Å². The Morgan fingerprint density at radius 2 is 2.00 bits per heavy atom. The summed E-state index contributed by atoms with van der Waals surface area (Å²) in [4.78, 5) is 11.2. The minimum absolute atomic E-state index is 0.160. The van der Waals surface area contributed by atoms with Gasteiger partial charge in [-0.15, -0.1) is 3.89 Å². The third-order valence-corrected chi connectivity index (χ3v) is 2.58. The van der Waals surface area contributed by atoms with E-state index in [1.165, 1.54) is 7.11 Å². The first-order valence-corrected chi connectivity index (χ1v) is 6.03.